The van der Waals surface area contributed by atoms with Gasteiger partial charge in [-0.3, -0.25) is 0 Å². The average Bonchev–Trinajstić information content (AvgIpc) is 2.58. The van der Waals surface area contributed by atoms with Gasteiger partial charge in [0.25, 0.3) is 0 Å². The largest absolute Gasteiger partial charge is 0.493 e. The van der Waals surface area contributed by atoms with Crippen molar-refractivity contribution >= 4 is 36.4 Å². The third-order valence-electron chi connectivity index (χ3n) is 3.69. The number of ether oxygens (including phenoxy) is 2. The van der Waals surface area contributed by atoms with E-state index in [1.807, 2.05) is 32.3 Å². The predicted octanol–water partition coefficient (Wildman–Crippen LogP) is 4.56. The summed E-state index contributed by atoms with van der Waals surface area (Å²) < 4.78 is 24.3. The van der Waals surface area contributed by atoms with Crippen molar-refractivity contribution in [3.63, 3.8) is 0 Å². The molecule has 2 aromatic rings. The van der Waals surface area contributed by atoms with Crippen molar-refractivity contribution in [2.45, 2.75) is 13.2 Å². The fourth-order valence-electron chi connectivity index (χ4n) is 2.27. The van der Waals surface area contributed by atoms with Gasteiger partial charge in [0.15, 0.2) is 11.5 Å². The maximum atomic E-state index is 13.1. The minimum Gasteiger partial charge on any atom is -0.493 e. The summed E-state index contributed by atoms with van der Waals surface area (Å²) in [6.07, 6.45) is 0. The molecule has 0 aromatic heterocycles. The second-order valence-corrected chi connectivity index (χ2v) is 6.40. The van der Waals surface area contributed by atoms with Crippen LogP contribution in [0.1, 0.15) is 11.1 Å². The Balaban J connectivity index is 0.00000338. The molecule has 4 nitrogen and oxygen atoms in total. The van der Waals surface area contributed by atoms with Crippen molar-refractivity contribution < 1.29 is 13.9 Å². The van der Waals surface area contributed by atoms with Gasteiger partial charge in [0, 0.05) is 25.2 Å². The van der Waals surface area contributed by atoms with E-state index >= 15 is 0 Å². The van der Waals surface area contributed by atoms with Gasteiger partial charge in [0.2, 0.25) is 0 Å². The Labute approximate surface area is 177 Å². The van der Waals surface area contributed by atoms with Gasteiger partial charge in [0.1, 0.15) is 12.4 Å². The molecule has 2 aromatic carbocycles. The first-order valence-electron chi connectivity index (χ1n) is 8.08. The molecule has 0 radical (unpaired) electrons. The molecule has 8 heteroatoms. The Bertz CT molecular complexity index is 703. The smallest absolute Gasteiger partial charge is 0.161 e. The van der Waals surface area contributed by atoms with Gasteiger partial charge < -0.3 is 19.7 Å². The van der Waals surface area contributed by atoms with E-state index in [9.17, 15) is 4.39 Å². The fraction of sp³-hybridized carbons (Fsp3) is 0.368. The van der Waals surface area contributed by atoms with Crippen LogP contribution in [0.5, 0.6) is 11.5 Å². The van der Waals surface area contributed by atoms with Crippen molar-refractivity contribution in [1.29, 1.82) is 0 Å². The van der Waals surface area contributed by atoms with Crippen LogP contribution in [0.15, 0.2) is 36.4 Å². The van der Waals surface area contributed by atoms with Gasteiger partial charge >= 0.3 is 0 Å². The van der Waals surface area contributed by atoms with Gasteiger partial charge in [-0.2, -0.15) is 0 Å². The molecule has 0 aliphatic carbocycles. The second kappa shape index (κ2) is 13.0. The van der Waals surface area contributed by atoms with E-state index in [2.05, 4.69) is 10.2 Å². The Hall–Kier alpha value is -1.24. The van der Waals surface area contributed by atoms with Crippen molar-refractivity contribution in [1.82, 2.24) is 10.2 Å². The Morgan fingerprint density at radius 2 is 1.81 bits per heavy atom. The lowest BCUT2D eigenvalue weighted by atomic mass is 10.2. The highest BCUT2D eigenvalue weighted by Gasteiger charge is 2.08. The van der Waals surface area contributed by atoms with E-state index in [0.717, 1.165) is 30.8 Å². The molecule has 0 amide bonds. The van der Waals surface area contributed by atoms with Crippen molar-refractivity contribution in [3.8, 4) is 11.5 Å². The molecule has 152 valence electrons. The molecule has 0 aliphatic rings. The zero-order chi connectivity index (χ0) is 18.2. The quantitative estimate of drug-likeness (QED) is 0.581. The van der Waals surface area contributed by atoms with Crippen molar-refractivity contribution in [2.75, 3.05) is 34.3 Å². The predicted molar refractivity (Wildman–Crippen MR) is 113 cm³/mol. The van der Waals surface area contributed by atoms with E-state index in [1.165, 1.54) is 12.1 Å². The lowest BCUT2D eigenvalue weighted by molar-refractivity contribution is 0.284. The summed E-state index contributed by atoms with van der Waals surface area (Å²) in [5, 5.41) is 3.73. The van der Waals surface area contributed by atoms with Crippen LogP contribution in [0.4, 0.5) is 4.39 Å². The first-order valence-corrected chi connectivity index (χ1v) is 8.46. The number of rotatable bonds is 9. The molecule has 0 saturated heterocycles. The summed E-state index contributed by atoms with van der Waals surface area (Å²) in [5.74, 6) is 0.919. The lowest BCUT2D eigenvalue weighted by Crippen LogP contribution is -2.26. The molecule has 0 atom stereocenters. The highest BCUT2D eigenvalue weighted by Crippen LogP contribution is 2.29. The summed E-state index contributed by atoms with van der Waals surface area (Å²) >= 11 is 6.02. The van der Waals surface area contributed by atoms with Gasteiger partial charge in [-0.15, -0.1) is 24.8 Å². The van der Waals surface area contributed by atoms with Crippen LogP contribution in [-0.2, 0) is 13.2 Å². The molecule has 0 heterocycles. The maximum Gasteiger partial charge on any atom is 0.161 e. The van der Waals surface area contributed by atoms with E-state index < -0.39 is 0 Å². The fourth-order valence-corrected chi connectivity index (χ4v) is 2.49. The molecule has 0 bridgehead atoms. The Morgan fingerprint density at radius 3 is 2.44 bits per heavy atom. The van der Waals surface area contributed by atoms with Crippen LogP contribution in [-0.4, -0.2) is 39.2 Å². The maximum absolute atomic E-state index is 13.1. The van der Waals surface area contributed by atoms with Gasteiger partial charge in [0.05, 0.1) is 12.1 Å². The first-order chi connectivity index (χ1) is 12.0. The molecule has 0 aliphatic heterocycles. The van der Waals surface area contributed by atoms with E-state index in [-0.39, 0.29) is 37.2 Å². The second-order valence-electron chi connectivity index (χ2n) is 5.99. The van der Waals surface area contributed by atoms with Gasteiger partial charge in [-0.1, -0.05) is 23.7 Å². The number of methoxy groups -OCH3 is 1. The zero-order valence-corrected chi connectivity index (χ0v) is 18.0. The summed E-state index contributed by atoms with van der Waals surface area (Å²) in [6, 6.07) is 10.1. The number of hydrogen-bond donors (Lipinski definition) is 1. The molecule has 0 fully saturated rings. The first kappa shape index (κ1) is 25.8. The van der Waals surface area contributed by atoms with Crippen LogP contribution >= 0.6 is 36.4 Å². The van der Waals surface area contributed by atoms with Crippen LogP contribution in [0, 0.1) is 5.82 Å². The number of nitrogens with one attached hydrogen (secondary N) is 1. The molecule has 2 rings (SSSR count). The molecular formula is C19H26Cl3FN2O2. The van der Waals surface area contributed by atoms with Crippen LogP contribution in [0.3, 0.4) is 0 Å². The standard InChI is InChI=1S/C19H24ClFN2O2.2ClH/c1-23(2)9-8-22-12-14-4-7-18(19(10-14)24-3)25-13-15-5-6-16(21)11-17(15)20;;/h4-7,10-11,22H,8-9,12-13H2,1-3H3;2*1H. The summed E-state index contributed by atoms with van der Waals surface area (Å²) in [5.41, 5.74) is 1.84. The summed E-state index contributed by atoms with van der Waals surface area (Å²) in [4.78, 5) is 2.13. The zero-order valence-electron chi connectivity index (χ0n) is 15.6. The number of halogens is 4. The average molecular weight is 440 g/mol. The van der Waals surface area contributed by atoms with Crippen LogP contribution in [0.25, 0.3) is 0 Å². The number of benzene rings is 2. The summed E-state index contributed by atoms with van der Waals surface area (Å²) in [7, 11) is 5.70. The normalized spacial score (nSPS) is 10.1. The van der Waals surface area contributed by atoms with Crippen LogP contribution < -0.4 is 14.8 Å². The third-order valence-corrected chi connectivity index (χ3v) is 4.04. The van der Waals surface area contributed by atoms with Crippen molar-refractivity contribution in [2.24, 2.45) is 0 Å². The van der Waals surface area contributed by atoms with E-state index in [0.29, 0.717) is 16.5 Å². The van der Waals surface area contributed by atoms with Gasteiger partial charge in [-0.25, -0.2) is 4.39 Å². The highest BCUT2D eigenvalue weighted by molar-refractivity contribution is 6.31. The van der Waals surface area contributed by atoms with Crippen molar-refractivity contribution in [3.05, 3.63) is 58.4 Å². The van der Waals surface area contributed by atoms with E-state index in [4.69, 9.17) is 21.1 Å². The molecule has 0 spiro atoms. The third kappa shape index (κ3) is 8.54. The number of hydrogen-bond acceptors (Lipinski definition) is 4. The lowest BCUT2D eigenvalue weighted by Gasteiger charge is -2.14. The number of likely N-dealkylation sites (N-methyl/N-ethyl adjacent to an activating group) is 1. The monoisotopic (exact) mass is 438 g/mol. The van der Waals surface area contributed by atoms with Crippen LogP contribution in [0.2, 0.25) is 5.02 Å². The molecule has 0 saturated carbocycles. The SMILES string of the molecule is COc1cc(CNCCN(C)C)ccc1OCc1ccc(F)cc1Cl.Cl.Cl. The Kier molecular flexibility index (Phi) is 12.4. The highest BCUT2D eigenvalue weighted by atomic mass is 35.5. The molecule has 1 N–H and O–H groups in total. The van der Waals surface area contributed by atoms with E-state index in [1.54, 1.807) is 13.2 Å². The number of nitrogens with zero attached hydrogens (tertiary/aromatic N) is 1. The molecule has 27 heavy (non-hydrogen) atoms. The summed E-state index contributed by atoms with van der Waals surface area (Å²) in [6.45, 7) is 2.90. The minimum atomic E-state index is -0.363. The Morgan fingerprint density at radius 1 is 1.07 bits per heavy atom. The van der Waals surface area contributed by atoms with Gasteiger partial charge in [-0.05, 0) is 43.9 Å². The minimum absolute atomic E-state index is 0. The topological polar surface area (TPSA) is 33.7 Å². The molecular weight excluding hydrogens is 414 g/mol. The molecule has 0 unspecified atom stereocenters.